The van der Waals surface area contributed by atoms with Gasteiger partial charge < -0.3 is 4.42 Å². The number of hydrogen-bond donors (Lipinski definition) is 1. The third kappa shape index (κ3) is 4.17. The van der Waals surface area contributed by atoms with Gasteiger partial charge in [-0.05, 0) is 24.1 Å². The van der Waals surface area contributed by atoms with E-state index < -0.39 is 0 Å². The predicted molar refractivity (Wildman–Crippen MR) is 102 cm³/mol. The number of hydrogen-bond acceptors (Lipinski definition) is 6. The van der Waals surface area contributed by atoms with E-state index >= 15 is 0 Å². The minimum atomic E-state index is -0.219. The molecule has 0 bridgehead atoms. The molecule has 0 aliphatic rings. The third-order valence-electron chi connectivity index (χ3n) is 4.00. The highest BCUT2D eigenvalue weighted by atomic mass is 32.2. The van der Waals surface area contributed by atoms with Gasteiger partial charge in [-0.25, -0.2) is 9.89 Å². The lowest BCUT2D eigenvalue weighted by molar-refractivity contribution is 0.527. The van der Waals surface area contributed by atoms with Crippen LogP contribution < -0.4 is 5.69 Å². The fourth-order valence-corrected chi connectivity index (χ4v) is 3.44. The van der Waals surface area contributed by atoms with Crippen LogP contribution >= 0.6 is 11.8 Å². The molecule has 0 unspecified atom stereocenters. The van der Waals surface area contributed by atoms with E-state index in [4.69, 9.17) is 4.42 Å². The van der Waals surface area contributed by atoms with Crippen LogP contribution in [0, 0.1) is 0 Å². The van der Waals surface area contributed by atoms with Gasteiger partial charge in [0.05, 0.1) is 5.75 Å². The van der Waals surface area contributed by atoms with Gasteiger partial charge in [0.15, 0.2) is 5.16 Å². The Labute approximate surface area is 159 Å². The first kappa shape index (κ1) is 17.3. The molecule has 27 heavy (non-hydrogen) atoms. The van der Waals surface area contributed by atoms with E-state index in [1.807, 2.05) is 60.7 Å². The zero-order chi connectivity index (χ0) is 18.5. The van der Waals surface area contributed by atoms with E-state index in [2.05, 4.69) is 20.4 Å². The topological polar surface area (TPSA) is 89.6 Å². The van der Waals surface area contributed by atoms with Crippen LogP contribution in [0.4, 0.5) is 0 Å². The summed E-state index contributed by atoms with van der Waals surface area (Å²) in [6.07, 6.45) is 0.757. The Balaban J connectivity index is 1.42. The lowest BCUT2D eigenvalue weighted by Gasteiger charge is -2.04. The largest absolute Gasteiger partial charge is 0.420 e. The van der Waals surface area contributed by atoms with E-state index in [0.717, 1.165) is 12.0 Å². The summed E-state index contributed by atoms with van der Waals surface area (Å²) in [6, 6.07) is 19.6. The zero-order valence-corrected chi connectivity index (χ0v) is 15.2. The average Bonchev–Trinajstić information content (AvgIpc) is 3.33. The maximum Gasteiger partial charge on any atom is 0.343 e. The van der Waals surface area contributed by atoms with Crippen LogP contribution in [0.5, 0.6) is 0 Å². The first-order valence-corrected chi connectivity index (χ1v) is 9.48. The van der Waals surface area contributed by atoms with Crippen molar-refractivity contribution in [3.05, 3.63) is 82.6 Å². The second-order valence-electron chi connectivity index (χ2n) is 5.85. The molecule has 0 radical (unpaired) electrons. The Morgan fingerprint density at radius 1 is 1.00 bits per heavy atom. The smallest absolute Gasteiger partial charge is 0.343 e. The van der Waals surface area contributed by atoms with Crippen LogP contribution in [-0.4, -0.2) is 25.0 Å². The van der Waals surface area contributed by atoms with Crippen molar-refractivity contribution in [1.29, 1.82) is 0 Å². The first-order valence-electron chi connectivity index (χ1n) is 8.49. The number of nitrogens with zero attached hydrogens (tertiary/aromatic N) is 4. The molecule has 2 aromatic carbocycles. The summed E-state index contributed by atoms with van der Waals surface area (Å²) in [6.45, 7) is 0.556. The molecular weight excluding hydrogens is 362 g/mol. The van der Waals surface area contributed by atoms with E-state index in [1.54, 1.807) is 4.57 Å². The van der Waals surface area contributed by atoms with Gasteiger partial charge in [0.2, 0.25) is 11.8 Å². The molecule has 0 saturated heterocycles. The molecular formula is C19H17N5O2S. The molecule has 7 nitrogen and oxygen atoms in total. The van der Waals surface area contributed by atoms with Crippen molar-refractivity contribution in [2.24, 2.45) is 0 Å². The van der Waals surface area contributed by atoms with Crippen molar-refractivity contribution in [3.63, 3.8) is 0 Å². The Bertz CT molecular complexity index is 1060. The van der Waals surface area contributed by atoms with Crippen LogP contribution in [0.15, 0.2) is 75.0 Å². The molecule has 1 N–H and O–H groups in total. The number of rotatable bonds is 7. The van der Waals surface area contributed by atoms with Crippen LogP contribution in [0.25, 0.3) is 11.5 Å². The van der Waals surface area contributed by atoms with Gasteiger partial charge >= 0.3 is 5.69 Å². The Kier molecular flexibility index (Phi) is 5.15. The Hall–Kier alpha value is -3.13. The maximum absolute atomic E-state index is 12.0. The van der Waals surface area contributed by atoms with Crippen molar-refractivity contribution in [3.8, 4) is 11.5 Å². The maximum atomic E-state index is 12.0. The minimum Gasteiger partial charge on any atom is -0.420 e. The second-order valence-corrected chi connectivity index (χ2v) is 6.80. The molecule has 0 amide bonds. The number of aryl methyl sites for hydroxylation is 1. The molecule has 0 atom stereocenters. The molecule has 136 valence electrons. The quantitative estimate of drug-likeness (QED) is 0.496. The van der Waals surface area contributed by atoms with Crippen LogP contribution in [0.2, 0.25) is 0 Å². The van der Waals surface area contributed by atoms with Gasteiger partial charge in [0.25, 0.3) is 0 Å². The van der Waals surface area contributed by atoms with Gasteiger partial charge in [-0.3, -0.25) is 4.57 Å². The third-order valence-corrected chi connectivity index (χ3v) is 4.96. The van der Waals surface area contributed by atoms with Gasteiger partial charge in [-0.1, -0.05) is 60.3 Å². The SMILES string of the molecule is O=c1[nH]nc(SCc2nnc(-c3ccccc3)o2)n1CCc1ccccc1. The molecule has 4 aromatic rings. The molecule has 8 heteroatoms. The van der Waals surface area contributed by atoms with Crippen LogP contribution in [0.1, 0.15) is 11.5 Å². The highest BCUT2D eigenvalue weighted by Gasteiger charge is 2.13. The van der Waals surface area contributed by atoms with Gasteiger partial charge in [0.1, 0.15) is 0 Å². The minimum absolute atomic E-state index is 0.219. The van der Waals surface area contributed by atoms with Crippen molar-refractivity contribution in [2.75, 3.05) is 0 Å². The molecule has 0 saturated carbocycles. The number of nitrogens with one attached hydrogen (secondary N) is 1. The van der Waals surface area contributed by atoms with Gasteiger partial charge in [-0.15, -0.1) is 15.3 Å². The first-order chi connectivity index (χ1) is 13.3. The molecule has 2 heterocycles. The van der Waals surface area contributed by atoms with Gasteiger partial charge in [-0.2, -0.15) is 0 Å². The summed E-state index contributed by atoms with van der Waals surface area (Å²) < 4.78 is 7.33. The molecule has 4 rings (SSSR count). The van der Waals surface area contributed by atoms with Crippen molar-refractivity contribution >= 4 is 11.8 Å². The molecule has 0 spiro atoms. The lowest BCUT2D eigenvalue weighted by Crippen LogP contribution is -2.18. The number of aromatic nitrogens is 5. The fourth-order valence-electron chi connectivity index (χ4n) is 2.63. The summed E-state index contributed by atoms with van der Waals surface area (Å²) in [5.74, 6) is 1.41. The molecule has 0 aliphatic carbocycles. The van der Waals surface area contributed by atoms with Crippen molar-refractivity contribution in [1.82, 2.24) is 25.0 Å². The monoisotopic (exact) mass is 379 g/mol. The highest BCUT2D eigenvalue weighted by Crippen LogP contribution is 2.22. The molecule has 2 aromatic heterocycles. The fraction of sp³-hybridized carbons (Fsp3) is 0.158. The van der Waals surface area contributed by atoms with E-state index in [0.29, 0.717) is 29.2 Å². The predicted octanol–water partition coefficient (Wildman–Crippen LogP) is 3.16. The summed E-state index contributed by atoms with van der Waals surface area (Å²) in [5.41, 5.74) is 1.83. The zero-order valence-electron chi connectivity index (χ0n) is 14.4. The van der Waals surface area contributed by atoms with Crippen LogP contribution in [0.3, 0.4) is 0 Å². The Morgan fingerprint density at radius 3 is 2.52 bits per heavy atom. The summed E-state index contributed by atoms with van der Waals surface area (Å²) in [7, 11) is 0. The van der Waals surface area contributed by atoms with E-state index in [9.17, 15) is 4.79 Å². The van der Waals surface area contributed by atoms with E-state index in [-0.39, 0.29) is 5.69 Å². The standard InChI is InChI=1S/C19H17N5O2S/c25-18-22-23-19(24(18)12-11-14-7-3-1-4-8-14)27-13-16-20-21-17(26-16)15-9-5-2-6-10-15/h1-10H,11-13H2,(H,22,25). The molecule has 0 aliphatic heterocycles. The summed E-state index contributed by atoms with van der Waals surface area (Å²) in [4.78, 5) is 12.0. The second kappa shape index (κ2) is 8.05. The number of H-pyrrole nitrogens is 1. The van der Waals surface area contributed by atoms with Crippen molar-refractivity contribution < 1.29 is 4.42 Å². The number of benzene rings is 2. The number of thioether (sulfide) groups is 1. The van der Waals surface area contributed by atoms with Crippen LogP contribution in [-0.2, 0) is 18.7 Å². The van der Waals surface area contributed by atoms with E-state index in [1.165, 1.54) is 17.3 Å². The molecule has 0 fully saturated rings. The highest BCUT2D eigenvalue weighted by molar-refractivity contribution is 7.98. The summed E-state index contributed by atoms with van der Waals surface area (Å²) >= 11 is 1.39. The Morgan fingerprint density at radius 2 is 1.74 bits per heavy atom. The summed E-state index contributed by atoms with van der Waals surface area (Å²) in [5, 5.41) is 15.4. The normalized spacial score (nSPS) is 11.0. The van der Waals surface area contributed by atoms with Gasteiger partial charge in [0, 0.05) is 12.1 Å². The van der Waals surface area contributed by atoms with Crippen molar-refractivity contribution in [2.45, 2.75) is 23.9 Å². The number of aromatic amines is 1. The lowest BCUT2D eigenvalue weighted by atomic mass is 10.1. The average molecular weight is 379 g/mol.